The van der Waals surface area contributed by atoms with Crippen LogP contribution in [-0.4, -0.2) is 104 Å². The summed E-state index contributed by atoms with van der Waals surface area (Å²) in [6.45, 7) is 7.54. The van der Waals surface area contributed by atoms with E-state index in [2.05, 4.69) is 24.7 Å². The van der Waals surface area contributed by atoms with Crippen LogP contribution in [0.3, 0.4) is 0 Å². The molecule has 6 rings (SSSR count). The van der Waals surface area contributed by atoms with E-state index in [0.29, 0.717) is 58.7 Å². The molecule has 13 heteroatoms. The molecular formula is C34H40FKN6O5. The third-order valence-electron chi connectivity index (χ3n) is 8.51. The standard InChI is InChI=1S/C34H39FN6O5.K.H/c1-5-8-29-27(17-22-12-11-21(18-28(22)35)25-9-6-7-10-26(25)30-37-33(43)46-39-30)31(42)40(32-36-20(2)38-41(29)32)23-13-15-24(16-14-23)45-19-34(3,4)44;;/h6-7,9-12,18,23-24,44H,5,8,13-17,19H2,1-4H3,(H,37,39,43);;/t23-,24-;;. The monoisotopic (exact) mass is 670 g/mol. The van der Waals surface area contributed by atoms with Crippen molar-refractivity contribution in [1.29, 1.82) is 0 Å². The molecule has 11 nitrogen and oxygen atoms in total. The van der Waals surface area contributed by atoms with Gasteiger partial charge in [-0.2, -0.15) is 10.1 Å². The second-order valence-electron chi connectivity index (χ2n) is 12.7. The van der Waals surface area contributed by atoms with E-state index in [1.165, 1.54) is 6.07 Å². The normalized spacial score (nSPS) is 16.8. The number of aromatic amines is 1. The number of aromatic nitrogens is 6. The molecule has 0 aliphatic heterocycles. The van der Waals surface area contributed by atoms with Gasteiger partial charge in [0.1, 0.15) is 11.6 Å². The number of aryl methyl sites for hydroxylation is 2. The van der Waals surface area contributed by atoms with Crippen LogP contribution in [0.4, 0.5) is 4.39 Å². The predicted octanol–water partition coefficient (Wildman–Crippen LogP) is 4.51. The van der Waals surface area contributed by atoms with Gasteiger partial charge in [-0.15, -0.1) is 0 Å². The zero-order valence-electron chi connectivity index (χ0n) is 26.5. The Morgan fingerprint density at radius 1 is 1.11 bits per heavy atom. The number of nitrogens with zero attached hydrogens (tertiary/aromatic N) is 5. The maximum atomic E-state index is 15.9. The third-order valence-corrected chi connectivity index (χ3v) is 8.51. The molecule has 1 aliphatic rings. The van der Waals surface area contributed by atoms with E-state index in [4.69, 9.17) is 4.74 Å². The SMILES string of the molecule is CCCc1c(Cc2ccc(-c3ccccc3-c3noc(=O)[nH]3)cc2F)c(=O)n([C@H]2CC[C@H](OCC(C)(C)O)CC2)c2nc(C)nn12.[KH]. The summed E-state index contributed by atoms with van der Waals surface area (Å²) < 4.78 is 30.1. The number of ether oxygens (including phenoxy) is 1. The zero-order chi connectivity index (χ0) is 32.6. The molecule has 5 aromatic rings. The minimum absolute atomic E-state index is 0. The topological polar surface area (TPSA) is 141 Å². The van der Waals surface area contributed by atoms with Gasteiger partial charge >= 0.3 is 57.1 Å². The molecule has 47 heavy (non-hydrogen) atoms. The van der Waals surface area contributed by atoms with Crippen molar-refractivity contribution >= 4 is 57.2 Å². The van der Waals surface area contributed by atoms with E-state index in [1.54, 1.807) is 47.2 Å². The number of H-pyrrole nitrogens is 1. The van der Waals surface area contributed by atoms with Crippen molar-refractivity contribution in [2.45, 2.75) is 90.4 Å². The summed E-state index contributed by atoms with van der Waals surface area (Å²) in [7, 11) is 0. The van der Waals surface area contributed by atoms with Crippen LogP contribution in [0.2, 0.25) is 0 Å². The van der Waals surface area contributed by atoms with Crippen LogP contribution in [0.5, 0.6) is 0 Å². The van der Waals surface area contributed by atoms with E-state index in [-0.39, 0.29) is 87.9 Å². The van der Waals surface area contributed by atoms with Crippen molar-refractivity contribution in [1.82, 2.24) is 29.3 Å². The first-order chi connectivity index (χ1) is 22.0. The molecule has 2 N–H and O–H groups in total. The van der Waals surface area contributed by atoms with Crippen LogP contribution in [0.1, 0.15) is 81.6 Å². The van der Waals surface area contributed by atoms with Crippen LogP contribution in [0, 0.1) is 12.7 Å². The molecule has 0 spiro atoms. The Hall–Kier alpha value is -2.78. The third kappa shape index (κ3) is 7.77. The van der Waals surface area contributed by atoms with Gasteiger partial charge in [0.25, 0.3) is 5.56 Å². The number of aliphatic hydroxyl groups is 1. The van der Waals surface area contributed by atoms with Gasteiger partial charge in [0.05, 0.1) is 24.0 Å². The Morgan fingerprint density at radius 3 is 2.47 bits per heavy atom. The van der Waals surface area contributed by atoms with Gasteiger partial charge in [-0.3, -0.25) is 18.9 Å². The molecule has 0 atom stereocenters. The maximum absolute atomic E-state index is 15.9. The van der Waals surface area contributed by atoms with E-state index in [0.717, 1.165) is 25.0 Å². The Balaban J connectivity index is 0.00000433. The molecule has 0 saturated heterocycles. The summed E-state index contributed by atoms with van der Waals surface area (Å²) in [4.78, 5) is 33.2. The molecule has 0 amide bonds. The molecule has 0 radical (unpaired) electrons. The van der Waals surface area contributed by atoms with E-state index in [9.17, 15) is 14.7 Å². The molecule has 0 bridgehead atoms. The van der Waals surface area contributed by atoms with E-state index >= 15 is 4.39 Å². The first-order valence-electron chi connectivity index (χ1n) is 15.8. The number of nitrogens with one attached hydrogen (secondary N) is 1. The Kier molecular flexibility index (Phi) is 11.2. The van der Waals surface area contributed by atoms with Crippen molar-refractivity contribution in [2.24, 2.45) is 0 Å². The molecular weight excluding hydrogens is 631 g/mol. The summed E-state index contributed by atoms with van der Waals surface area (Å²) in [5.41, 5.74) is 2.42. The fourth-order valence-electron chi connectivity index (χ4n) is 6.36. The molecule has 1 aliphatic carbocycles. The van der Waals surface area contributed by atoms with E-state index < -0.39 is 17.2 Å². The van der Waals surface area contributed by atoms with Crippen LogP contribution in [0.15, 0.2) is 56.6 Å². The second kappa shape index (κ2) is 14.8. The Labute approximate surface area is 314 Å². The fourth-order valence-corrected chi connectivity index (χ4v) is 6.36. The number of rotatable bonds is 10. The first kappa shape index (κ1) is 35.5. The van der Waals surface area contributed by atoms with Crippen molar-refractivity contribution in [2.75, 3.05) is 6.61 Å². The van der Waals surface area contributed by atoms with Gasteiger partial charge in [0.2, 0.25) is 5.78 Å². The predicted molar refractivity (Wildman–Crippen MR) is 177 cm³/mol. The summed E-state index contributed by atoms with van der Waals surface area (Å²) in [6, 6.07) is 12.1. The van der Waals surface area contributed by atoms with Gasteiger partial charge < -0.3 is 9.84 Å². The molecule has 3 heterocycles. The van der Waals surface area contributed by atoms with Crippen LogP contribution in [0.25, 0.3) is 28.3 Å². The van der Waals surface area contributed by atoms with E-state index in [1.807, 2.05) is 26.0 Å². The summed E-state index contributed by atoms with van der Waals surface area (Å²) in [5, 5.41) is 18.6. The molecule has 1 fully saturated rings. The van der Waals surface area contributed by atoms with Gasteiger partial charge in [-0.25, -0.2) is 13.7 Å². The number of fused-ring (bicyclic) bond motifs is 1. The zero-order valence-corrected chi connectivity index (χ0v) is 26.5. The number of hydrogen-bond acceptors (Lipinski definition) is 8. The van der Waals surface area contributed by atoms with Gasteiger partial charge in [0, 0.05) is 23.6 Å². The summed E-state index contributed by atoms with van der Waals surface area (Å²) in [6.07, 6.45) is 4.39. The quantitative estimate of drug-likeness (QED) is 0.207. The molecule has 244 valence electrons. The van der Waals surface area contributed by atoms with Gasteiger partial charge in [-0.1, -0.05) is 54.9 Å². The average Bonchev–Trinajstić information content (AvgIpc) is 3.63. The van der Waals surface area contributed by atoms with Crippen molar-refractivity contribution < 1.29 is 18.8 Å². The number of benzene rings is 2. The first-order valence-corrected chi connectivity index (χ1v) is 15.8. The minimum atomic E-state index is -0.906. The molecule has 1 saturated carbocycles. The summed E-state index contributed by atoms with van der Waals surface area (Å²) in [5.74, 6) is 0.200. The van der Waals surface area contributed by atoms with Crippen LogP contribution < -0.4 is 11.3 Å². The average molecular weight is 671 g/mol. The number of hydrogen-bond donors (Lipinski definition) is 2. The molecule has 0 unspecified atom stereocenters. The Bertz CT molecular complexity index is 1980. The van der Waals surface area contributed by atoms with Gasteiger partial charge in [-0.05, 0) is 75.6 Å². The number of halogens is 1. The fraction of sp³-hybridized carbons (Fsp3) is 0.441. The molecule has 2 aromatic carbocycles. The van der Waals surface area contributed by atoms with Gasteiger partial charge in [0.15, 0.2) is 5.82 Å². The second-order valence-corrected chi connectivity index (χ2v) is 12.7. The van der Waals surface area contributed by atoms with Crippen LogP contribution >= 0.6 is 0 Å². The summed E-state index contributed by atoms with van der Waals surface area (Å²) >= 11 is 0. The van der Waals surface area contributed by atoms with Crippen molar-refractivity contribution in [3.05, 3.63) is 91.8 Å². The molecule has 3 aromatic heterocycles. The Morgan fingerprint density at radius 2 is 1.83 bits per heavy atom. The van der Waals surface area contributed by atoms with Crippen molar-refractivity contribution in [3.63, 3.8) is 0 Å². The van der Waals surface area contributed by atoms with Crippen LogP contribution in [-0.2, 0) is 17.6 Å². The van der Waals surface area contributed by atoms with Crippen molar-refractivity contribution in [3.8, 4) is 22.5 Å².